The summed E-state index contributed by atoms with van der Waals surface area (Å²) in [6, 6.07) is 17.8. The van der Waals surface area contributed by atoms with E-state index in [0.29, 0.717) is 17.7 Å². The second-order valence-corrected chi connectivity index (χ2v) is 10.2. The normalized spacial score (nSPS) is 15.6. The van der Waals surface area contributed by atoms with Crippen LogP contribution in [0.1, 0.15) is 39.5 Å². The van der Waals surface area contributed by atoms with Crippen LogP contribution in [0.5, 0.6) is 0 Å². The standard InChI is InChI=1S/C25H26N2O3S/c1-16-5-8-23(9-6-16)31(29,30)27-19(4)14-21-15-20(7-10-24(21)27)25(28)26-22-12-17(2)11-18(3)13-22/h5-13,15,19H,14H2,1-4H3,(H,26,28)/t19-/m1/s1. The van der Waals surface area contributed by atoms with Crippen molar-refractivity contribution in [1.82, 2.24) is 0 Å². The zero-order valence-corrected chi connectivity index (χ0v) is 19.0. The fourth-order valence-electron chi connectivity index (χ4n) is 4.18. The third kappa shape index (κ3) is 4.08. The van der Waals surface area contributed by atoms with Crippen LogP contribution in [0.2, 0.25) is 0 Å². The van der Waals surface area contributed by atoms with Crippen LogP contribution in [0.3, 0.4) is 0 Å². The minimum atomic E-state index is -3.68. The van der Waals surface area contributed by atoms with E-state index >= 15 is 0 Å². The summed E-state index contributed by atoms with van der Waals surface area (Å²) < 4.78 is 28.0. The van der Waals surface area contributed by atoms with Gasteiger partial charge in [-0.3, -0.25) is 9.10 Å². The number of rotatable bonds is 4. The van der Waals surface area contributed by atoms with Gasteiger partial charge >= 0.3 is 0 Å². The zero-order chi connectivity index (χ0) is 22.3. The maximum atomic E-state index is 13.3. The summed E-state index contributed by atoms with van der Waals surface area (Å²) in [5.41, 5.74) is 5.92. The Balaban J connectivity index is 1.63. The average Bonchev–Trinajstić information content (AvgIpc) is 3.03. The predicted molar refractivity (Wildman–Crippen MR) is 124 cm³/mol. The van der Waals surface area contributed by atoms with Gasteiger partial charge in [0.05, 0.1) is 10.6 Å². The van der Waals surface area contributed by atoms with Gasteiger partial charge in [-0.1, -0.05) is 23.8 Å². The van der Waals surface area contributed by atoms with Crippen molar-refractivity contribution in [2.24, 2.45) is 0 Å². The molecule has 0 spiro atoms. The first-order valence-corrected chi connectivity index (χ1v) is 11.7. The summed E-state index contributed by atoms with van der Waals surface area (Å²) in [6.07, 6.45) is 0.561. The molecule has 1 aliphatic heterocycles. The van der Waals surface area contributed by atoms with E-state index in [1.165, 1.54) is 4.31 Å². The molecule has 4 rings (SSSR count). The van der Waals surface area contributed by atoms with Crippen LogP contribution in [0.25, 0.3) is 0 Å². The number of hydrogen-bond acceptors (Lipinski definition) is 3. The summed E-state index contributed by atoms with van der Waals surface area (Å²) in [5, 5.41) is 2.94. The second-order valence-electron chi connectivity index (χ2n) is 8.34. The number of carbonyl (C=O) groups is 1. The quantitative estimate of drug-likeness (QED) is 0.628. The van der Waals surface area contributed by atoms with Crippen LogP contribution in [0.15, 0.2) is 65.6 Å². The van der Waals surface area contributed by atoms with Crippen LogP contribution in [-0.4, -0.2) is 20.4 Å². The van der Waals surface area contributed by atoms with E-state index in [1.807, 2.05) is 39.8 Å². The van der Waals surface area contributed by atoms with Crippen molar-refractivity contribution < 1.29 is 13.2 Å². The molecule has 3 aromatic carbocycles. The van der Waals surface area contributed by atoms with E-state index in [9.17, 15) is 13.2 Å². The van der Waals surface area contributed by atoms with Crippen LogP contribution in [0, 0.1) is 20.8 Å². The van der Waals surface area contributed by atoms with E-state index in [0.717, 1.165) is 27.9 Å². The number of amides is 1. The molecule has 0 unspecified atom stereocenters. The molecule has 160 valence electrons. The molecule has 1 N–H and O–H groups in total. The van der Waals surface area contributed by atoms with Gasteiger partial charge < -0.3 is 5.32 Å². The number of benzene rings is 3. The van der Waals surface area contributed by atoms with Crippen molar-refractivity contribution >= 4 is 27.3 Å². The molecule has 0 bridgehead atoms. The molecule has 1 aliphatic rings. The van der Waals surface area contributed by atoms with Gasteiger partial charge in [-0.25, -0.2) is 8.42 Å². The van der Waals surface area contributed by atoms with E-state index in [-0.39, 0.29) is 16.8 Å². The molecule has 31 heavy (non-hydrogen) atoms. The minimum absolute atomic E-state index is 0.208. The predicted octanol–water partition coefficient (Wildman–Crippen LogP) is 5.00. The number of fused-ring (bicyclic) bond motifs is 1. The summed E-state index contributed by atoms with van der Waals surface area (Å²) in [5.74, 6) is -0.208. The summed E-state index contributed by atoms with van der Waals surface area (Å²) in [7, 11) is -3.68. The number of carbonyl (C=O) groups excluding carboxylic acids is 1. The highest BCUT2D eigenvalue weighted by atomic mass is 32.2. The number of sulfonamides is 1. The fraction of sp³-hybridized carbons (Fsp3) is 0.240. The maximum absolute atomic E-state index is 13.3. The highest BCUT2D eigenvalue weighted by Gasteiger charge is 2.36. The van der Waals surface area contributed by atoms with Gasteiger partial charge in [-0.2, -0.15) is 0 Å². The van der Waals surface area contributed by atoms with Crippen LogP contribution in [-0.2, 0) is 16.4 Å². The first kappa shape index (κ1) is 21.1. The molecule has 6 heteroatoms. The molecule has 0 aliphatic carbocycles. The lowest BCUT2D eigenvalue weighted by Gasteiger charge is -2.24. The van der Waals surface area contributed by atoms with E-state index in [2.05, 4.69) is 11.4 Å². The van der Waals surface area contributed by atoms with Gasteiger partial charge in [-0.15, -0.1) is 0 Å². The summed E-state index contributed by atoms with van der Waals surface area (Å²) in [4.78, 5) is 13.1. The summed E-state index contributed by atoms with van der Waals surface area (Å²) >= 11 is 0. The third-order valence-electron chi connectivity index (χ3n) is 5.55. The number of aryl methyl sites for hydroxylation is 3. The maximum Gasteiger partial charge on any atom is 0.264 e. The summed E-state index contributed by atoms with van der Waals surface area (Å²) in [6.45, 7) is 7.79. The second kappa shape index (κ2) is 7.85. The Morgan fingerprint density at radius 3 is 2.19 bits per heavy atom. The largest absolute Gasteiger partial charge is 0.322 e. The Hall–Kier alpha value is -3.12. The van der Waals surface area contributed by atoms with E-state index in [4.69, 9.17) is 0 Å². The molecule has 0 saturated heterocycles. The first-order chi connectivity index (χ1) is 14.6. The highest BCUT2D eigenvalue weighted by Crippen LogP contribution is 2.37. The number of nitrogens with one attached hydrogen (secondary N) is 1. The first-order valence-electron chi connectivity index (χ1n) is 10.3. The van der Waals surface area contributed by atoms with Crippen molar-refractivity contribution in [2.45, 2.75) is 45.1 Å². The Morgan fingerprint density at radius 2 is 1.55 bits per heavy atom. The Morgan fingerprint density at radius 1 is 0.903 bits per heavy atom. The molecule has 0 radical (unpaired) electrons. The molecular formula is C25H26N2O3S. The number of nitrogens with zero attached hydrogens (tertiary/aromatic N) is 1. The molecule has 1 amide bonds. The zero-order valence-electron chi connectivity index (χ0n) is 18.1. The molecule has 0 fully saturated rings. The molecular weight excluding hydrogens is 408 g/mol. The SMILES string of the molecule is Cc1ccc(S(=O)(=O)N2c3ccc(C(=O)Nc4cc(C)cc(C)c4)cc3C[C@H]2C)cc1. The van der Waals surface area contributed by atoms with E-state index in [1.54, 1.807) is 42.5 Å². The topological polar surface area (TPSA) is 66.5 Å². The lowest BCUT2D eigenvalue weighted by molar-refractivity contribution is 0.102. The molecule has 5 nitrogen and oxygen atoms in total. The van der Waals surface area contributed by atoms with Gasteiger partial charge in [0.1, 0.15) is 0 Å². The number of anilines is 2. The van der Waals surface area contributed by atoms with Crippen LogP contribution in [0.4, 0.5) is 11.4 Å². The van der Waals surface area contributed by atoms with Gasteiger partial charge in [0.2, 0.25) is 0 Å². The molecule has 0 saturated carbocycles. The molecule has 1 atom stereocenters. The van der Waals surface area contributed by atoms with Gasteiger partial charge in [0.25, 0.3) is 15.9 Å². The fourth-order valence-corrected chi connectivity index (χ4v) is 5.88. The number of hydrogen-bond donors (Lipinski definition) is 1. The van der Waals surface area contributed by atoms with Crippen LogP contribution < -0.4 is 9.62 Å². The van der Waals surface area contributed by atoms with Crippen molar-refractivity contribution in [1.29, 1.82) is 0 Å². The monoisotopic (exact) mass is 434 g/mol. The Bertz CT molecular complexity index is 1240. The van der Waals surface area contributed by atoms with Crippen molar-refractivity contribution in [3.63, 3.8) is 0 Å². The molecule has 3 aromatic rings. The van der Waals surface area contributed by atoms with Crippen molar-refractivity contribution in [2.75, 3.05) is 9.62 Å². The highest BCUT2D eigenvalue weighted by molar-refractivity contribution is 7.92. The third-order valence-corrected chi connectivity index (χ3v) is 7.49. The lowest BCUT2D eigenvalue weighted by Crippen LogP contribution is -2.35. The van der Waals surface area contributed by atoms with Gasteiger partial charge in [0, 0.05) is 17.3 Å². The Labute approximate surface area is 183 Å². The molecule has 1 heterocycles. The van der Waals surface area contributed by atoms with E-state index < -0.39 is 10.0 Å². The van der Waals surface area contributed by atoms with Crippen molar-refractivity contribution in [3.05, 3.63) is 88.5 Å². The molecule has 0 aromatic heterocycles. The van der Waals surface area contributed by atoms with Crippen molar-refractivity contribution in [3.8, 4) is 0 Å². The minimum Gasteiger partial charge on any atom is -0.322 e. The van der Waals surface area contributed by atoms with Crippen LogP contribution >= 0.6 is 0 Å². The van der Waals surface area contributed by atoms with Gasteiger partial charge in [-0.05, 0) is 93.3 Å². The van der Waals surface area contributed by atoms with Gasteiger partial charge in [0.15, 0.2) is 0 Å². The average molecular weight is 435 g/mol. The lowest BCUT2D eigenvalue weighted by atomic mass is 10.1. The Kier molecular flexibility index (Phi) is 5.35. The smallest absolute Gasteiger partial charge is 0.264 e.